The minimum atomic E-state index is 0.647. The maximum absolute atomic E-state index is 4.97. The van der Waals surface area contributed by atoms with E-state index < -0.39 is 0 Å². The number of para-hydroxylation sites is 1. The first-order valence-corrected chi connectivity index (χ1v) is 38.0. The van der Waals surface area contributed by atoms with Gasteiger partial charge in [-0.15, -0.1) is 0 Å². The fourth-order valence-electron chi connectivity index (χ4n) is 16.2. The molecule has 0 unspecified atom stereocenters. The number of fused-ring (bicyclic) bond motifs is 16. The van der Waals surface area contributed by atoms with Crippen LogP contribution in [0.5, 0.6) is 0 Å². The minimum Gasteiger partial charge on any atom is -0.309 e. The van der Waals surface area contributed by atoms with Gasteiger partial charge in [0, 0.05) is 54.3 Å². The standard InChI is InChI=1S/C47H30N4.C38H25N3.C17H11Br/c1-3-13-32(14-4-1)45-48-46(33-15-5-2-6-16-33)50-47(49-45)38-19-11-18-34(29-38)36-23-26-40-37(28-36)24-27-43-44(40)41-20-9-10-21-42(41)51(43)39-25-22-31-12-7-8-17-35(31)30-39;1-3-10-25(11-4-1)36-39-37(26-12-5-2-6-13-26)41-38(40-36)32-16-9-15-27(23-32)28-20-21-34-30(22-28)18-19-31-24-29-14-7-8-17-33(29)35(31)34;18-14-7-8-16-12(10-14)5-6-13-9-11-3-1-2-4-15(11)17(13)16/h1-30H;1-23H,24H2;1-8,10H,9H2. The van der Waals surface area contributed by atoms with E-state index >= 15 is 0 Å². The SMILES string of the molecule is Brc1ccc2c3c(ccc2c1)Cc1ccccc1-3.c1ccc(-c2nc(-c3ccccc3)nc(-c3cccc(-c4ccc5c(ccc6c5c5ccccc5n6-c5ccc6ccccc6c5)c4)c3)n2)cc1.c1ccc(-c2nc(-c3ccccc3)nc(-c3cccc(-c4ccc5c6c(ccc5c4)Cc4ccccc4-6)c3)n2)cc1. The van der Waals surface area contributed by atoms with E-state index in [-0.39, 0.29) is 0 Å². The second-order valence-corrected chi connectivity index (χ2v) is 29.1. The molecule has 3 aromatic heterocycles. The topological polar surface area (TPSA) is 82.3 Å². The van der Waals surface area contributed by atoms with Crippen LogP contribution in [0.15, 0.2) is 381 Å². The van der Waals surface area contributed by atoms with Gasteiger partial charge in [0.2, 0.25) is 0 Å². The van der Waals surface area contributed by atoms with Crippen molar-refractivity contribution in [3.05, 3.63) is 403 Å². The van der Waals surface area contributed by atoms with Crippen molar-refractivity contribution in [3.8, 4) is 119 Å². The van der Waals surface area contributed by atoms with Crippen molar-refractivity contribution in [2.24, 2.45) is 0 Å². The molecule has 20 aromatic rings. The summed E-state index contributed by atoms with van der Waals surface area (Å²) in [6.07, 6.45) is 2.07. The molecule has 22 rings (SSSR count). The number of benzene rings is 17. The summed E-state index contributed by atoms with van der Waals surface area (Å²) in [6.45, 7) is 0. The van der Waals surface area contributed by atoms with E-state index in [4.69, 9.17) is 29.9 Å². The Morgan fingerprint density at radius 3 is 1.13 bits per heavy atom. The molecule has 0 saturated heterocycles. The molecule has 0 amide bonds. The van der Waals surface area contributed by atoms with Crippen LogP contribution in [0.1, 0.15) is 22.3 Å². The molecule has 3 heterocycles. The summed E-state index contributed by atoms with van der Waals surface area (Å²) in [4.78, 5) is 29.5. The van der Waals surface area contributed by atoms with Crippen LogP contribution < -0.4 is 0 Å². The molecule has 0 spiro atoms. The van der Waals surface area contributed by atoms with Gasteiger partial charge in [-0.2, -0.15) is 0 Å². The molecule has 0 aliphatic heterocycles. The van der Waals surface area contributed by atoms with Crippen molar-refractivity contribution >= 4 is 80.8 Å². The summed E-state index contributed by atoms with van der Waals surface area (Å²) < 4.78 is 3.54. The number of nitrogens with zero attached hydrogens (tertiary/aromatic N) is 7. The van der Waals surface area contributed by atoms with E-state index in [1.165, 1.54) is 115 Å². The zero-order valence-corrected chi connectivity index (χ0v) is 61.3. The molecule has 2 aliphatic rings. The molecule has 0 bridgehead atoms. The predicted octanol–water partition coefficient (Wildman–Crippen LogP) is 26.4. The molecule has 0 fully saturated rings. The number of hydrogen-bond donors (Lipinski definition) is 0. The summed E-state index contributed by atoms with van der Waals surface area (Å²) in [6, 6.07) is 133. The van der Waals surface area contributed by atoms with Gasteiger partial charge < -0.3 is 4.57 Å². The van der Waals surface area contributed by atoms with E-state index in [2.05, 4.69) is 275 Å². The van der Waals surface area contributed by atoms with Crippen molar-refractivity contribution in [1.29, 1.82) is 0 Å². The highest BCUT2D eigenvalue weighted by Crippen LogP contribution is 2.45. The van der Waals surface area contributed by atoms with Crippen molar-refractivity contribution in [2.75, 3.05) is 0 Å². The lowest BCUT2D eigenvalue weighted by atomic mass is 9.94. The van der Waals surface area contributed by atoms with Crippen LogP contribution in [0.2, 0.25) is 0 Å². The lowest BCUT2D eigenvalue weighted by Gasteiger charge is -2.11. The Morgan fingerprint density at radius 1 is 0.218 bits per heavy atom. The Balaban J connectivity index is 0.000000119. The summed E-state index contributed by atoms with van der Waals surface area (Å²) in [5.41, 5.74) is 25.2. The van der Waals surface area contributed by atoms with E-state index in [1.54, 1.807) is 0 Å². The van der Waals surface area contributed by atoms with Gasteiger partial charge in [0.15, 0.2) is 34.9 Å². The summed E-state index contributed by atoms with van der Waals surface area (Å²) in [7, 11) is 0. The molecule has 2 aliphatic carbocycles. The third-order valence-corrected chi connectivity index (χ3v) is 22.0. The van der Waals surface area contributed by atoms with Gasteiger partial charge in [0.1, 0.15) is 0 Å². The number of rotatable bonds is 9. The first kappa shape index (κ1) is 65.6. The maximum Gasteiger partial charge on any atom is 0.164 e. The number of aromatic nitrogens is 7. The first-order chi connectivity index (χ1) is 54.4. The normalized spacial score (nSPS) is 11.8. The molecule has 8 heteroatoms. The number of halogens is 1. The lowest BCUT2D eigenvalue weighted by Crippen LogP contribution is -2.00. The molecule has 110 heavy (non-hydrogen) atoms. The molecule has 0 N–H and O–H groups in total. The summed E-state index contributed by atoms with van der Waals surface area (Å²) in [5.74, 6) is 3.95. The molecular formula is C102H66BrN7. The average Bonchev–Trinajstić information content (AvgIpc) is 1.57. The Bertz CT molecular complexity index is 6860. The molecule has 7 nitrogen and oxygen atoms in total. The quantitative estimate of drug-likeness (QED) is 0.143. The summed E-state index contributed by atoms with van der Waals surface area (Å²) >= 11 is 3.54. The van der Waals surface area contributed by atoms with E-state index in [9.17, 15) is 0 Å². The van der Waals surface area contributed by atoms with Gasteiger partial charge in [-0.3, -0.25) is 0 Å². The van der Waals surface area contributed by atoms with Gasteiger partial charge in [-0.05, 0) is 183 Å². The van der Waals surface area contributed by atoms with Crippen molar-refractivity contribution in [1.82, 2.24) is 34.5 Å². The Labute approximate surface area is 645 Å². The van der Waals surface area contributed by atoms with Crippen LogP contribution in [0.3, 0.4) is 0 Å². The highest BCUT2D eigenvalue weighted by Gasteiger charge is 2.24. The summed E-state index contributed by atoms with van der Waals surface area (Å²) in [5, 5.41) is 12.7. The Morgan fingerprint density at radius 2 is 0.600 bits per heavy atom. The van der Waals surface area contributed by atoms with Crippen molar-refractivity contribution < 1.29 is 0 Å². The molecular weight excluding hydrogens is 1400 g/mol. The Hall–Kier alpha value is -13.9. The zero-order valence-electron chi connectivity index (χ0n) is 59.7. The van der Waals surface area contributed by atoms with Crippen LogP contribution >= 0.6 is 15.9 Å². The second kappa shape index (κ2) is 28.1. The first-order valence-electron chi connectivity index (χ1n) is 37.2. The smallest absolute Gasteiger partial charge is 0.164 e. The van der Waals surface area contributed by atoms with Crippen LogP contribution in [-0.2, 0) is 12.8 Å². The largest absolute Gasteiger partial charge is 0.309 e. The van der Waals surface area contributed by atoms with Gasteiger partial charge in [-0.25, -0.2) is 29.9 Å². The second-order valence-electron chi connectivity index (χ2n) is 28.2. The molecule has 516 valence electrons. The van der Waals surface area contributed by atoms with Crippen molar-refractivity contribution in [2.45, 2.75) is 12.8 Å². The van der Waals surface area contributed by atoms with Crippen LogP contribution in [-0.4, -0.2) is 34.5 Å². The van der Waals surface area contributed by atoms with Crippen LogP contribution in [0, 0.1) is 0 Å². The zero-order chi connectivity index (χ0) is 73.0. The lowest BCUT2D eigenvalue weighted by molar-refractivity contribution is 1.07. The minimum absolute atomic E-state index is 0.647. The fourth-order valence-corrected chi connectivity index (χ4v) is 16.6. The van der Waals surface area contributed by atoms with E-state index in [0.717, 1.165) is 73.1 Å². The van der Waals surface area contributed by atoms with Gasteiger partial charge >= 0.3 is 0 Å². The van der Waals surface area contributed by atoms with Gasteiger partial charge in [0.25, 0.3) is 0 Å². The molecule has 0 saturated carbocycles. The average molecular weight is 1470 g/mol. The monoisotopic (exact) mass is 1470 g/mol. The van der Waals surface area contributed by atoms with Crippen LogP contribution in [0.4, 0.5) is 0 Å². The fraction of sp³-hybridized carbons (Fsp3) is 0.0196. The van der Waals surface area contributed by atoms with Crippen LogP contribution in [0.25, 0.3) is 183 Å². The van der Waals surface area contributed by atoms with E-state index in [1.807, 2.05) is 121 Å². The highest BCUT2D eigenvalue weighted by atomic mass is 79.9. The Kier molecular flexibility index (Phi) is 16.7. The van der Waals surface area contributed by atoms with Gasteiger partial charge in [-0.1, -0.05) is 331 Å². The molecule has 0 atom stereocenters. The maximum atomic E-state index is 4.97. The van der Waals surface area contributed by atoms with E-state index in [0.29, 0.717) is 34.9 Å². The predicted molar refractivity (Wildman–Crippen MR) is 458 cm³/mol. The molecule has 17 aromatic carbocycles. The third-order valence-electron chi connectivity index (χ3n) is 21.5. The van der Waals surface area contributed by atoms with Crippen molar-refractivity contribution in [3.63, 3.8) is 0 Å². The van der Waals surface area contributed by atoms with Gasteiger partial charge in [0.05, 0.1) is 11.0 Å². The highest BCUT2D eigenvalue weighted by molar-refractivity contribution is 9.10. The number of hydrogen-bond acceptors (Lipinski definition) is 6. The third kappa shape index (κ3) is 12.3. The molecule has 0 radical (unpaired) electrons.